The Morgan fingerprint density at radius 2 is 1.80 bits per heavy atom. The Bertz CT molecular complexity index is 360. The number of hydrogen-bond donors (Lipinski definition) is 0. The minimum atomic E-state index is -0.490. The van der Waals surface area contributed by atoms with Crippen LogP contribution in [0.15, 0.2) is 0 Å². The Hall–Kier alpha value is -0.860. The minimum absolute atomic E-state index is 0.0627. The van der Waals surface area contributed by atoms with Gasteiger partial charge in [-0.3, -0.25) is 9.59 Å². The van der Waals surface area contributed by atoms with Crippen molar-refractivity contribution in [2.45, 2.75) is 65.7 Å². The largest absolute Gasteiger partial charge is 0.465 e. The predicted molar refractivity (Wildman–Crippen MR) is 78.2 cm³/mol. The molecule has 0 bridgehead atoms. The highest BCUT2D eigenvalue weighted by atomic mass is 16.5. The van der Waals surface area contributed by atoms with Gasteiger partial charge >= 0.3 is 5.97 Å². The maximum Gasteiger partial charge on any atom is 0.316 e. The fraction of sp³-hybridized carbons (Fsp3) is 0.882. The van der Waals surface area contributed by atoms with Crippen molar-refractivity contribution in [3.8, 4) is 0 Å². The molecule has 0 radical (unpaired) electrons. The Kier molecular flexibility index (Phi) is 4.87. The highest BCUT2D eigenvalue weighted by Crippen LogP contribution is 2.63. The van der Waals surface area contributed by atoms with Gasteiger partial charge in [0, 0.05) is 6.42 Å². The lowest BCUT2D eigenvalue weighted by molar-refractivity contribution is -0.163. The first-order chi connectivity index (χ1) is 9.55. The highest BCUT2D eigenvalue weighted by Gasteiger charge is 2.56. The van der Waals surface area contributed by atoms with E-state index in [0.29, 0.717) is 18.4 Å². The van der Waals surface area contributed by atoms with Crippen LogP contribution in [0.2, 0.25) is 0 Å². The van der Waals surface area contributed by atoms with Gasteiger partial charge in [0.1, 0.15) is 11.7 Å². The van der Waals surface area contributed by atoms with E-state index >= 15 is 0 Å². The van der Waals surface area contributed by atoms with E-state index in [2.05, 4.69) is 6.92 Å². The molecule has 0 aromatic carbocycles. The normalized spacial score (nSPS) is 33.1. The highest BCUT2D eigenvalue weighted by molar-refractivity contribution is 5.99. The van der Waals surface area contributed by atoms with Crippen LogP contribution in [0.5, 0.6) is 0 Å². The lowest BCUT2D eigenvalue weighted by Crippen LogP contribution is -2.52. The summed E-state index contributed by atoms with van der Waals surface area (Å²) in [6.07, 6.45) is 7.78. The Morgan fingerprint density at radius 3 is 2.30 bits per heavy atom. The molecule has 114 valence electrons. The summed E-state index contributed by atoms with van der Waals surface area (Å²) in [6.45, 7) is 6.24. The number of ketones is 1. The third-order valence-corrected chi connectivity index (χ3v) is 5.24. The second-order valence-electron chi connectivity index (χ2n) is 6.78. The second kappa shape index (κ2) is 6.28. The number of ether oxygens (including phenoxy) is 1. The first kappa shape index (κ1) is 15.5. The van der Waals surface area contributed by atoms with Crippen molar-refractivity contribution in [3.05, 3.63) is 0 Å². The molecule has 0 aromatic rings. The molecular formula is C17H28O3. The molecule has 3 nitrogen and oxygen atoms in total. The third kappa shape index (κ3) is 2.91. The van der Waals surface area contributed by atoms with Crippen LogP contribution in [-0.2, 0) is 14.3 Å². The molecule has 20 heavy (non-hydrogen) atoms. The van der Waals surface area contributed by atoms with Crippen LogP contribution in [0.25, 0.3) is 0 Å². The van der Waals surface area contributed by atoms with Gasteiger partial charge in [0.15, 0.2) is 0 Å². The summed E-state index contributed by atoms with van der Waals surface area (Å²) >= 11 is 0. The quantitative estimate of drug-likeness (QED) is 0.527. The molecule has 2 rings (SSSR count). The molecule has 2 saturated carbocycles. The van der Waals surface area contributed by atoms with Crippen molar-refractivity contribution in [1.29, 1.82) is 0 Å². The average Bonchev–Trinajstić information content (AvgIpc) is 2.33. The molecule has 2 fully saturated rings. The molecule has 0 aliphatic heterocycles. The zero-order chi connectivity index (χ0) is 14.8. The van der Waals surface area contributed by atoms with E-state index in [0.717, 1.165) is 18.8 Å². The third-order valence-electron chi connectivity index (χ3n) is 5.24. The predicted octanol–water partition coefficient (Wildman–Crippen LogP) is 3.75. The van der Waals surface area contributed by atoms with Crippen LogP contribution in [-0.4, -0.2) is 18.4 Å². The van der Waals surface area contributed by atoms with Crippen molar-refractivity contribution < 1.29 is 14.3 Å². The van der Waals surface area contributed by atoms with Gasteiger partial charge in [-0.15, -0.1) is 0 Å². The van der Waals surface area contributed by atoms with Crippen molar-refractivity contribution in [3.63, 3.8) is 0 Å². The summed E-state index contributed by atoms with van der Waals surface area (Å²) < 4.78 is 5.10. The summed E-state index contributed by atoms with van der Waals surface area (Å²) in [6, 6.07) is 0. The van der Waals surface area contributed by atoms with Gasteiger partial charge in [-0.25, -0.2) is 0 Å². The van der Waals surface area contributed by atoms with Crippen molar-refractivity contribution >= 4 is 11.8 Å². The Morgan fingerprint density at radius 1 is 1.15 bits per heavy atom. The molecule has 3 heteroatoms. The molecule has 1 atom stereocenters. The number of carbonyl (C=O) groups excluding carboxylic acids is 2. The molecule has 0 heterocycles. The summed E-state index contributed by atoms with van der Waals surface area (Å²) in [5, 5.41) is 0. The Labute approximate surface area is 122 Å². The van der Waals surface area contributed by atoms with Gasteiger partial charge in [0.2, 0.25) is 0 Å². The smallest absolute Gasteiger partial charge is 0.316 e. The van der Waals surface area contributed by atoms with E-state index in [9.17, 15) is 9.59 Å². The van der Waals surface area contributed by atoms with Gasteiger partial charge in [-0.05, 0) is 49.9 Å². The summed E-state index contributed by atoms with van der Waals surface area (Å²) in [4.78, 5) is 24.1. The van der Waals surface area contributed by atoms with E-state index in [1.165, 1.54) is 25.7 Å². The summed E-state index contributed by atoms with van der Waals surface area (Å²) in [5.41, 5.74) is 0.475. The molecule has 0 aromatic heterocycles. The van der Waals surface area contributed by atoms with E-state index < -0.39 is 5.92 Å². The number of esters is 1. The first-order valence-electron chi connectivity index (χ1n) is 8.24. The SMILES string of the molecule is CCCC1CC2(C1)CC(C(C(=O)CC)C(=O)OCC)C2. The molecular weight excluding hydrogens is 252 g/mol. The minimum Gasteiger partial charge on any atom is -0.465 e. The van der Waals surface area contributed by atoms with E-state index in [1.54, 1.807) is 6.92 Å². The van der Waals surface area contributed by atoms with E-state index in [-0.39, 0.29) is 17.7 Å². The maximum atomic E-state index is 12.0. The zero-order valence-electron chi connectivity index (χ0n) is 13.1. The van der Waals surface area contributed by atoms with E-state index in [4.69, 9.17) is 4.74 Å². The maximum absolute atomic E-state index is 12.0. The molecule has 1 spiro atoms. The number of hydrogen-bond acceptors (Lipinski definition) is 3. The van der Waals surface area contributed by atoms with Crippen LogP contribution in [0, 0.1) is 23.2 Å². The van der Waals surface area contributed by atoms with E-state index in [1.807, 2.05) is 6.92 Å². The first-order valence-corrected chi connectivity index (χ1v) is 8.24. The lowest BCUT2D eigenvalue weighted by atomic mass is 9.45. The molecule has 1 unspecified atom stereocenters. The van der Waals surface area contributed by atoms with Gasteiger partial charge in [-0.2, -0.15) is 0 Å². The lowest BCUT2D eigenvalue weighted by Gasteiger charge is -2.59. The summed E-state index contributed by atoms with van der Waals surface area (Å²) in [7, 11) is 0. The van der Waals surface area contributed by atoms with Gasteiger partial charge in [0.25, 0.3) is 0 Å². The number of rotatable bonds is 7. The van der Waals surface area contributed by atoms with Crippen LogP contribution in [0.3, 0.4) is 0 Å². The Balaban J connectivity index is 1.88. The van der Waals surface area contributed by atoms with Crippen LogP contribution < -0.4 is 0 Å². The van der Waals surface area contributed by atoms with Crippen molar-refractivity contribution in [1.82, 2.24) is 0 Å². The van der Waals surface area contributed by atoms with Crippen LogP contribution in [0.4, 0.5) is 0 Å². The topological polar surface area (TPSA) is 43.4 Å². The fourth-order valence-corrected chi connectivity index (χ4v) is 4.44. The standard InChI is InChI=1S/C17H28O3/c1-4-7-12-8-17(9-12)10-13(11-17)15(14(18)5-2)16(19)20-6-3/h12-13,15H,4-11H2,1-3H3. The van der Waals surface area contributed by atoms with Crippen LogP contribution in [0.1, 0.15) is 65.7 Å². The van der Waals surface area contributed by atoms with Crippen molar-refractivity contribution in [2.24, 2.45) is 23.2 Å². The number of Topliss-reactive ketones (excluding diaryl/α,β-unsaturated/α-hetero) is 1. The molecule has 0 N–H and O–H groups in total. The van der Waals surface area contributed by atoms with Crippen molar-refractivity contribution in [2.75, 3.05) is 6.61 Å². The average molecular weight is 280 g/mol. The fourth-order valence-electron chi connectivity index (χ4n) is 4.44. The van der Waals surface area contributed by atoms with Gasteiger partial charge in [0.05, 0.1) is 6.61 Å². The van der Waals surface area contributed by atoms with Gasteiger partial charge in [-0.1, -0.05) is 26.7 Å². The van der Waals surface area contributed by atoms with Gasteiger partial charge < -0.3 is 4.74 Å². The van der Waals surface area contributed by atoms with Crippen LogP contribution >= 0.6 is 0 Å². The zero-order valence-corrected chi connectivity index (χ0v) is 13.1. The summed E-state index contributed by atoms with van der Waals surface area (Å²) in [5.74, 6) is 0.417. The second-order valence-corrected chi connectivity index (χ2v) is 6.78. The monoisotopic (exact) mass is 280 g/mol. The molecule has 2 aliphatic carbocycles. The number of carbonyl (C=O) groups is 2. The molecule has 0 amide bonds. The molecule has 0 saturated heterocycles. The molecule has 2 aliphatic rings.